The van der Waals surface area contributed by atoms with Crippen molar-refractivity contribution >= 4 is 17.2 Å². The number of nitrogen functional groups attached to an aromatic ring is 1. The summed E-state index contributed by atoms with van der Waals surface area (Å²) >= 11 is 0. The van der Waals surface area contributed by atoms with Crippen molar-refractivity contribution < 1.29 is 0 Å². The zero-order valence-corrected chi connectivity index (χ0v) is 8.70. The first-order chi connectivity index (χ1) is 7.16. The maximum absolute atomic E-state index is 5.62. The molecule has 1 aromatic rings. The first kappa shape index (κ1) is 9.58. The number of hydrogen-bond donors (Lipinski definition) is 2. The van der Waals surface area contributed by atoms with E-state index in [1.807, 2.05) is 36.2 Å². The number of anilines is 2. The van der Waals surface area contributed by atoms with E-state index in [0.717, 1.165) is 22.8 Å². The van der Waals surface area contributed by atoms with Gasteiger partial charge in [-0.15, -0.1) is 0 Å². The van der Waals surface area contributed by atoms with Crippen molar-refractivity contribution in [2.24, 2.45) is 4.99 Å². The average molecular weight is 202 g/mol. The third-order valence-electron chi connectivity index (χ3n) is 2.22. The number of nitrogens with one attached hydrogen (secondary N) is 1. The van der Waals surface area contributed by atoms with E-state index >= 15 is 0 Å². The van der Waals surface area contributed by atoms with E-state index in [2.05, 4.69) is 17.0 Å². The molecule has 0 bridgehead atoms. The lowest BCUT2D eigenvalue weighted by molar-refractivity contribution is 0.841. The third-order valence-corrected chi connectivity index (χ3v) is 2.22. The number of aliphatic imine (C=N–C) groups is 1. The van der Waals surface area contributed by atoms with E-state index in [9.17, 15) is 0 Å². The normalized spacial score (nSPS) is 14.7. The first-order valence-electron chi connectivity index (χ1n) is 4.77. The molecule has 4 heteroatoms. The quantitative estimate of drug-likeness (QED) is 0.715. The van der Waals surface area contributed by atoms with Crippen molar-refractivity contribution in [1.29, 1.82) is 0 Å². The highest BCUT2D eigenvalue weighted by molar-refractivity contribution is 5.99. The van der Waals surface area contributed by atoms with Gasteiger partial charge in [-0.3, -0.25) is 10.4 Å². The minimum absolute atomic E-state index is 0.603. The lowest BCUT2D eigenvalue weighted by Gasteiger charge is -2.18. The fourth-order valence-corrected chi connectivity index (χ4v) is 1.37. The van der Waals surface area contributed by atoms with Crippen molar-refractivity contribution in [3.05, 3.63) is 36.4 Å². The number of rotatable bonds is 2. The summed E-state index contributed by atoms with van der Waals surface area (Å²) in [5, 5.41) is 1.95. The molecule has 0 saturated heterocycles. The lowest BCUT2D eigenvalue weighted by atomic mass is 10.3. The monoisotopic (exact) mass is 202 g/mol. The zero-order valence-electron chi connectivity index (χ0n) is 8.70. The van der Waals surface area contributed by atoms with Crippen LogP contribution >= 0.6 is 0 Å². The molecule has 0 unspecified atom stereocenters. The van der Waals surface area contributed by atoms with Crippen LogP contribution in [0.5, 0.6) is 0 Å². The molecular formula is C11H14N4. The largest absolute Gasteiger partial charge is 0.399 e. The van der Waals surface area contributed by atoms with Gasteiger partial charge in [0.05, 0.1) is 5.69 Å². The van der Waals surface area contributed by atoms with Gasteiger partial charge < -0.3 is 5.73 Å². The van der Waals surface area contributed by atoms with Crippen LogP contribution in [-0.4, -0.2) is 12.5 Å². The van der Waals surface area contributed by atoms with Crippen molar-refractivity contribution in [2.45, 2.75) is 6.92 Å². The molecule has 0 atom stereocenters. The van der Waals surface area contributed by atoms with Crippen molar-refractivity contribution in [1.82, 2.24) is 5.43 Å². The summed E-state index contributed by atoms with van der Waals surface area (Å²) in [7, 11) is 0. The number of hydrogen-bond acceptors (Lipinski definition) is 4. The van der Waals surface area contributed by atoms with Crippen LogP contribution in [0.25, 0.3) is 0 Å². The molecule has 0 aliphatic carbocycles. The molecule has 2 rings (SSSR count). The molecule has 1 aliphatic rings. The Balaban J connectivity index is 2.10. The minimum Gasteiger partial charge on any atom is -0.399 e. The van der Waals surface area contributed by atoms with Crippen molar-refractivity contribution in [2.75, 3.05) is 17.4 Å². The molecule has 1 heterocycles. The number of nitrogens with zero attached hydrogens (tertiary/aromatic N) is 2. The van der Waals surface area contributed by atoms with Gasteiger partial charge in [-0.2, -0.15) is 0 Å². The van der Waals surface area contributed by atoms with E-state index in [4.69, 9.17) is 5.73 Å². The summed E-state index contributed by atoms with van der Waals surface area (Å²) in [6.45, 7) is 6.37. The summed E-state index contributed by atoms with van der Waals surface area (Å²) in [5.41, 5.74) is 11.5. The SMILES string of the molecule is C=C(C)C1=NCN(c2ccc(N)cc2)N1. The van der Waals surface area contributed by atoms with E-state index in [-0.39, 0.29) is 0 Å². The topological polar surface area (TPSA) is 53.6 Å². The fraction of sp³-hybridized carbons (Fsp3) is 0.182. The Hall–Kier alpha value is -1.97. The van der Waals surface area contributed by atoms with Gasteiger partial charge in [0.15, 0.2) is 0 Å². The van der Waals surface area contributed by atoms with E-state index in [1.54, 1.807) is 0 Å². The van der Waals surface area contributed by atoms with E-state index in [1.165, 1.54) is 0 Å². The molecule has 1 aromatic carbocycles. The number of amidine groups is 1. The summed E-state index contributed by atoms with van der Waals surface area (Å²) < 4.78 is 0. The summed E-state index contributed by atoms with van der Waals surface area (Å²) in [6, 6.07) is 7.66. The maximum atomic E-state index is 5.62. The predicted octanol–water partition coefficient (Wildman–Crippen LogP) is 1.53. The van der Waals surface area contributed by atoms with Crippen LogP contribution in [0, 0.1) is 0 Å². The Morgan fingerprint density at radius 2 is 2.13 bits per heavy atom. The van der Waals surface area contributed by atoms with Crippen LogP contribution in [0.4, 0.5) is 11.4 Å². The molecule has 0 radical (unpaired) electrons. The Labute approximate surface area is 89.1 Å². The van der Waals surface area contributed by atoms with Gasteiger partial charge in [0.2, 0.25) is 0 Å². The van der Waals surface area contributed by atoms with Crippen LogP contribution in [0.1, 0.15) is 6.92 Å². The molecule has 0 aromatic heterocycles. The minimum atomic E-state index is 0.603. The Morgan fingerprint density at radius 1 is 1.47 bits per heavy atom. The van der Waals surface area contributed by atoms with Gasteiger partial charge in [-0.05, 0) is 36.8 Å². The summed E-state index contributed by atoms with van der Waals surface area (Å²) in [4.78, 5) is 4.32. The smallest absolute Gasteiger partial charge is 0.144 e. The second-order valence-corrected chi connectivity index (χ2v) is 3.56. The van der Waals surface area contributed by atoms with Gasteiger partial charge in [-0.25, -0.2) is 4.99 Å². The van der Waals surface area contributed by atoms with E-state index in [0.29, 0.717) is 6.67 Å². The molecule has 1 aliphatic heterocycles. The van der Waals surface area contributed by atoms with Gasteiger partial charge in [0, 0.05) is 5.69 Å². The third kappa shape index (κ3) is 1.93. The number of benzene rings is 1. The van der Waals surface area contributed by atoms with Crippen LogP contribution < -0.4 is 16.2 Å². The van der Waals surface area contributed by atoms with Crippen LogP contribution in [-0.2, 0) is 0 Å². The van der Waals surface area contributed by atoms with Crippen molar-refractivity contribution in [3.63, 3.8) is 0 Å². The standard InChI is InChI=1S/C11H14N4/c1-8(2)11-13-7-15(14-11)10-5-3-9(12)4-6-10/h3-6H,1,7,12H2,2H3,(H,13,14). The molecular weight excluding hydrogens is 188 g/mol. The molecule has 0 saturated carbocycles. The van der Waals surface area contributed by atoms with Gasteiger partial charge >= 0.3 is 0 Å². The molecule has 4 nitrogen and oxygen atoms in total. The number of hydrazine groups is 1. The van der Waals surface area contributed by atoms with Crippen LogP contribution in [0.2, 0.25) is 0 Å². The first-order valence-corrected chi connectivity index (χ1v) is 4.77. The summed E-state index contributed by atoms with van der Waals surface area (Å²) in [5.74, 6) is 0.840. The second-order valence-electron chi connectivity index (χ2n) is 3.56. The molecule has 0 spiro atoms. The highest BCUT2D eigenvalue weighted by Gasteiger charge is 2.14. The average Bonchev–Trinajstić information content (AvgIpc) is 2.68. The Morgan fingerprint density at radius 3 is 2.67 bits per heavy atom. The van der Waals surface area contributed by atoms with Gasteiger partial charge in [-0.1, -0.05) is 6.58 Å². The molecule has 3 N–H and O–H groups in total. The lowest BCUT2D eigenvalue weighted by Crippen LogP contribution is -2.36. The highest BCUT2D eigenvalue weighted by atomic mass is 15.6. The molecule has 0 amide bonds. The second kappa shape index (κ2) is 3.65. The van der Waals surface area contributed by atoms with E-state index < -0.39 is 0 Å². The molecule has 15 heavy (non-hydrogen) atoms. The predicted molar refractivity (Wildman–Crippen MR) is 63.6 cm³/mol. The molecule has 78 valence electrons. The van der Waals surface area contributed by atoms with Crippen LogP contribution in [0.3, 0.4) is 0 Å². The maximum Gasteiger partial charge on any atom is 0.144 e. The molecule has 0 fully saturated rings. The van der Waals surface area contributed by atoms with Crippen LogP contribution in [0.15, 0.2) is 41.4 Å². The summed E-state index contributed by atoms with van der Waals surface area (Å²) in [6.07, 6.45) is 0. The zero-order chi connectivity index (χ0) is 10.8. The van der Waals surface area contributed by atoms with Crippen molar-refractivity contribution in [3.8, 4) is 0 Å². The van der Waals surface area contributed by atoms with Gasteiger partial charge in [0.25, 0.3) is 0 Å². The highest BCUT2D eigenvalue weighted by Crippen LogP contribution is 2.17. The number of nitrogens with two attached hydrogens (primary N) is 1. The van der Waals surface area contributed by atoms with Gasteiger partial charge in [0.1, 0.15) is 12.5 Å². The Kier molecular flexibility index (Phi) is 2.33. The Bertz CT molecular complexity index is 405. The fourth-order valence-electron chi connectivity index (χ4n) is 1.37.